The molecular formula is C21H18ClFN2O2. The van der Waals surface area contributed by atoms with Gasteiger partial charge in [-0.15, -0.1) is 0 Å². The minimum atomic E-state index is -0.461. The van der Waals surface area contributed by atoms with Gasteiger partial charge in [-0.05, 0) is 48.7 Å². The van der Waals surface area contributed by atoms with Crippen molar-refractivity contribution in [2.75, 3.05) is 13.1 Å². The lowest BCUT2D eigenvalue weighted by Gasteiger charge is -2.29. The van der Waals surface area contributed by atoms with Gasteiger partial charge in [-0.3, -0.25) is 9.78 Å². The topological polar surface area (TPSA) is 53.4 Å². The zero-order valence-electron chi connectivity index (χ0n) is 14.5. The second kappa shape index (κ2) is 7.25. The number of aromatic nitrogens is 1. The Morgan fingerprint density at radius 2 is 1.93 bits per heavy atom. The third kappa shape index (κ3) is 3.53. The van der Waals surface area contributed by atoms with Gasteiger partial charge < -0.3 is 10.0 Å². The Morgan fingerprint density at radius 3 is 2.67 bits per heavy atom. The molecule has 138 valence electrons. The maximum atomic E-state index is 14.8. The largest absolute Gasteiger partial charge is 0.393 e. The zero-order valence-corrected chi connectivity index (χ0v) is 15.3. The molecule has 3 aromatic rings. The molecule has 27 heavy (non-hydrogen) atoms. The molecule has 1 fully saturated rings. The summed E-state index contributed by atoms with van der Waals surface area (Å²) in [5, 5.41) is 10.9. The van der Waals surface area contributed by atoms with E-state index < -0.39 is 5.82 Å². The smallest absolute Gasteiger partial charge is 0.253 e. The summed E-state index contributed by atoms with van der Waals surface area (Å²) in [5.41, 5.74) is 2.14. The van der Waals surface area contributed by atoms with Crippen molar-refractivity contribution in [3.05, 3.63) is 65.1 Å². The lowest BCUT2D eigenvalue weighted by Crippen LogP contribution is -2.40. The molecule has 4 nitrogen and oxygen atoms in total. The third-order valence-electron chi connectivity index (χ3n) is 4.97. The van der Waals surface area contributed by atoms with E-state index in [2.05, 4.69) is 4.98 Å². The number of aliphatic hydroxyl groups is 1. The fourth-order valence-electron chi connectivity index (χ4n) is 3.41. The molecule has 1 N–H and O–H groups in total. The fraction of sp³-hybridized carbons (Fsp3) is 0.238. The van der Waals surface area contributed by atoms with Gasteiger partial charge in [0.15, 0.2) is 0 Å². The van der Waals surface area contributed by atoms with Crippen LogP contribution in [0.4, 0.5) is 4.39 Å². The van der Waals surface area contributed by atoms with Crippen LogP contribution in [-0.2, 0) is 0 Å². The number of fused-ring (bicyclic) bond motifs is 1. The van der Waals surface area contributed by atoms with Crippen molar-refractivity contribution in [3.8, 4) is 11.1 Å². The highest BCUT2D eigenvalue weighted by Crippen LogP contribution is 2.30. The van der Waals surface area contributed by atoms with Crippen LogP contribution in [-0.4, -0.2) is 40.1 Å². The Morgan fingerprint density at radius 1 is 1.15 bits per heavy atom. The lowest BCUT2D eigenvalue weighted by molar-refractivity contribution is 0.0546. The number of carbonyl (C=O) groups excluding carboxylic acids is 1. The first-order valence-electron chi connectivity index (χ1n) is 8.84. The Labute approximate surface area is 161 Å². The maximum absolute atomic E-state index is 14.8. The van der Waals surface area contributed by atoms with E-state index in [-0.39, 0.29) is 12.0 Å². The van der Waals surface area contributed by atoms with Gasteiger partial charge in [-0.2, -0.15) is 0 Å². The third-order valence-corrected chi connectivity index (χ3v) is 5.30. The van der Waals surface area contributed by atoms with E-state index in [0.29, 0.717) is 47.6 Å². The first-order chi connectivity index (χ1) is 13.0. The van der Waals surface area contributed by atoms with E-state index in [1.54, 1.807) is 47.5 Å². The van der Waals surface area contributed by atoms with E-state index in [0.717, 1.165) is 10.9 Å². The van der Waals surface area contributed by atoms with Crippen molar-refractivity contribution >= 4 is 28.4 Å². The normalized spacial score (nSPS) is 15.3. The van der Waals surface area contributed by atoms with E-state index in [1.807, 2.05) is 0 Å². The molecule has 0 radical (unpaired) electrons. The Bertz CT molecular complexity index is 1020. The van der Waals surface area contributed by atoms with Crippen molar-refractivity contribution < 1.29 is 14.3 Å². The molecule has 1 saturated heterocycles. The summed E-state index contributed by atoms with van der Waals surface area (Å²) in [5.74, 6) is -0.671. The van der Waals surface area contributed by atoms with Crippen LogP contribution in [0.25, 0.3) is 22.0 Å². The number of benzene rings is 2. The molecule has 1 aromatic heterocycles. The molecule has 2 aromatic carbocycles. The highest BCUT2D eigenvalue weighted by molar-refractivity contribution is 6.35. The van der Waals surface area contributed by atoms with Gasteiger partial charge in [-0.25, -0.2) is 4.39 Å². The molecule has 0 atom stereocenters. The lowest BCUT2D eigenvalue weighted by atomic mass is 10.00. The van der Waals surface area contributed by atoms with Crippen LogP contribution >= 0.6 is 11.6 Å². The highest BCUT2D eigenvalue weighted by Gasteiger charge is 2.23. The van der Waals surface area contributed by atoms with Crippen molar-refractivity contribution in [1.29, 1.82) is 0 Å². The van der Waals surface area contributed by atoms with Gasteiger partial charge in [0.2, 0.25) is 0 Å². The Kier molecular flexibility index (Phi) is 4.81. The molecule has 1 aliphatic rings. The number of aliphatic hydroxyl groups excluding tert-OH is 1. The number of nitrogens with zero attached hydrogens (tertiary/aromatic N) is 2. The van der Waals surface area contributed by atoms with Gasteiger partial charge >= 0.3 is 0 Å². The summed E-state index contributed by atoms with van der Waals surface area (Å²) >= 11 is 6.22. The maximum Gasteiger partial charge on any atom is 0.253 e. The molecule has 0 bridgehead atoms. The van der Waals surface area contributed by atoms with Gasteiger partial charge in [0.1, 0.15) is 5.82 Å². The average molecular weight is 385 g/mol. The standard InChI is InChI=1S/C21H18ClFN2O2/c22-18-5-8-24-20-4-2-13(11-17(18)20)16-3-1-14(12-19(16)23)21(27)25-9-6-15(26)7-10-25/h1-5,8,11-12,15,26H,6-7,9-10H2. The monoisotopic (exact) mass is 384 g/mol. The molecule has 0 spiro atoms. The summed E-state index contributed by atoms with van der Waals surface area (Å²) in [6.07, 6.45) is 2.38. The van der Waals surface area contributed by atoms with E-state index in [4.69, 9.17) is 11.6 Å². The van der Waals surface area contributed by atoms with Gasteiger partial charge in [0, 0.05) is 35.8 Å². The Balaban J connectivity index is 1.64. The van der Waals surface area contributed by atoms with Gasteiger partial charge in [0.25, 0.3) is 5.91 Å². The number of hydrogen-bond acceptors (Lipinski definition) is 3. The quantitative estimate of drug-likeness (QED) is 0.717. The van der Waals surface area contributed by atoms with E-state index >= 15 is 0 Å². The average Bonchev–Trinajstić information content (AvgIpc) is 2.68. The summed E-state index contributed by atoms with van der Waals surface area (Å²) < 4.78 is 14.8. The summed E-state index contributed by atoms with van der Waals surface area (Å²) in [4.78, 5) is 18.5. The second-order valence-electron chi connectivity index (χ2n) is 6.74. The van der Waals surface area contributed by atoms with Gasteiger partial charge in [-0.1, -0.05) is 23.7 Å². The van der Waals surface area contributed by atoms with E-state index in [1.165, 1.54) is 6.07 Å². The number of hydrogen-bond donors (Lipinski definition) is 1. The fourth-order valence-corrected chi connectivity index (χ4v) is 3.62. The zero-order chi connectivity index (χ0) is 19.0. The number of pyridine rings is 1. The summed E-state index contributed by atoms with van der Waals surface area (Å²) in [6, 6.07) is 11.6. The number of likely N-dealkylation sites (tertiary alicyclic amines) is 1. The van der Waals surface area contributed by atoms with Crippen LogP contribution in [0.3, 0.4) is 0 Å². The highest BCUT2D eigenvalue weighted by atomic mass is 35.5. The van der Waals surface area contributed by atoms with Crippen LogP contribution in [0.15, 0.2) is 48.7 Å². The molecule has 0 saturated carbocycles. The molecule has 2 heterocycles. The van der Waals surface area contributed by atoms with Crippen molar-refractivity contribution in [1.82, 2.24) is 9.88 Å². The van der Waals surface area contributed by atoms with Crippen LogP contribution < -0.4 is 0 Å². The summed E-state index contributed by atoms with van der Waals surface area (Å²) in [6.45, 7) is 0.971. The van der Waals surface area contributed by atoms with Crippen LogP contribution in [0, 0.1) is 5.82 Å². The van der Waals surface area contributed by atoms with Crippen molar-refractivity contribution in [2.45, 2.75) is 18.9 Å². The molecule has 0 aliphatic carbocycles. The number of halogens is 2. The minimum absolute atomic E-state index is 0.210. The predicted octanol–water partition coefficient (Wildman–Crippen LogP) is 4.29. The SMILES string of the molecule is O=C(c1ccc(-c2ccc3nccc(Cl)c3c2)c(F)c1)N1CCC(O)CC1. The van der Waals surface area contributed by atoms with Crippen LogP contribution in [0.2, 0.25) is 5.02 Å². The predicted molar refractivity (Wildman–Crippen MR) is 103 cm³/mol. The molecule has 0 unspecified atom stereocenters. The molecule has 4 rings (SSSR count). The first-order valence-corrected chi connectivity index (χ1v) is 9.22. The minimum Gasteiger partial charge on any atom is -0.393 e. The van der Waals surface area contributed by atoms with Crippen LogP contribution in [0.1, 0.15) is 23.2 Å². The van der Waals surface area contributed by atoms with Crippen LogP contribution in [0.5, 0.6) is 0 Å². The van der Waals surface area contributed by atoms with Gasteiger partial charge in [0.05, 0.1) is 16.6 Å². The molecular weight excluding hydrogens is 367 g/mol. The Hall–Kier alpha value is -2.50. The molecule has 6 heteroatoms. The van der Waals surface area contributed by atoms with Crippen molar-refractivity contribution in [2.24, 2.45) is 0 Å². The van der Waals surface area contributed by atoms with E-state index in [9.17, 15) is 14.3 Å². The second-order valence-corrected chi connectivity index (χ2v) is 7.15. The molecule has 1 aliphatic heterocycles. The molecule has 1 amide bonds. The number of carbonyl (C=O) groups is 1. The number of amides is 1. The summed E-state index contributed by atoms with van der Waals surface area (Å²) in [7, 11) is 0. The number of piperidine rings is 1. The first kappa shape index (κ1) is 17.9. The van der Waals surface area contributed by atoms with Crippen molar-refractivity contribution in [3.63, 3.8) is 0 Å². The number of rotatable bonds is 2.